The van der Waals surface area contributed by atoms with E-state index >= 15 is 0 Å². The highest BCUT2D eigenvalue weighted by Crippen LogP contribution is 2.25. The fourth-order valence-corrected chi connectivity index (χ4v) is 3.13. The van der Waals surface area contributed by atoms with Crippen LogP contribution in [0.2, 0.25) is 0 Å². The minimum atomic E-state index is -0.350. The molecule has 0 unspecified atom stereocenters. The second kappa shape index (κ2) is 8.67. The lowest BCUT2D eigenvalue weighted by atomic mass is 9.96. The molecule has 0 saturated carbocycles. The molecule has 0 atom stereocenters. The number of hydrogen-bond donors (Lipinski definition) is 0. The number of carbonyl (C=O) groups excluding carboxylic acids is 2. The Kier molecular flexibility index (Phi) is 6.07. The number of pyridine rings is 1. The van der Waals surface area contributed by atoms with Crippen LogP contribution in [-0.2, 0) is 16.1 Å². The third kappa shape index (κ3) is 4.52. The third-order valence-electron chi connectivity index (χ3n) is 4.39. The summed E-state index contributed by atoms with van der Waals surface area (Å²) in [5.74, 6) is -0.367. The molecule has 0 aliphatic carbocycles. The molecule has 0 spiro atoms. The number of piperidine rings is 1. The Morgan fingerprint density at radius 1 is 1.12 bits per heavy atom. The van der Waals surface area contributed by atoms with Crippen LogP contribution in [0.25, 0.3) is 0 Å². The molecule has 2 amide bonds. The lowest BCUT2D eigenvalue weighted by Gasteiger charge is -2.31. The number of ether oxygens (including phenoxy) is 1. The number of hydrogen-bond acceptors (Lipinski definition) is 4. The van der Waals surface area contributed by atoms with Gasteiger partial charge >= 0.3 is 6.09 Å². The van der Waals surface area contributed by atoms with Crippen LogP contribution >= 0.6 is 11.8 Å². The SMILES string of the molecule is O=C(OCc1ccccc1)N1CCC(C(=O)N(Cl)c2ccncc2)CC1. The van der Waals surface area contributed by atoms with Crippen LogP contribution in [0.15, 0.2) is 54.9 Å². The molecule has 0 radical (unpaired) electrons. The van der Waals surface area contributed by atoms with Gasteiger partial charge in [-0.1, -0.05) is 30.3 Å². The number of likely N-dealkylation sites (tertiary alicyclic amines) is 1. The van der Waals surface area contributed by atoms with Gasteiger partial charge in [-0.25, -0.2) is 9.21 Å². The fourth-order valence-electron chi connectivity index (χ4n) is 2.88. The second-order valence-corrected chi connectivity index (χ2v) is 6.46. The maximum absolute atomic E-state index is 12.5. The van der Waals surface area contributed by atoms with Gasteiger partial charge in [0, 0.05) is 43.2 Å². The Labute approximate surface area is 157 Å². The Morgan fingerprint density at radius 3 is 2.42 bits per heavy atom. The van der Waals surface area contributed by atoms with Crippen molar-refractivity contribution in [1.82, 2.24) is 9.88 Å². The minimum absolute atomic E-state index is 0.157. The van der Waals surface area contributed by atoms with Crippen molar-refractivity contribution in [3.05, 3.63) is 60.4 Å². The molecule has 136 valence electrons. The average molecular weight is 374 g/mol. The normalized spacial score (nSPS) is 14.7. The van der Waals surface area contributed by atoms with Crippen molar-refractivity contribution in [2.24, 2.45) is 5.92 Å². The summed E-state index contributed by atoms with van der Waals surface area (Å²) >= 11 is 6.16. The highest BCUT2D eigenvalue weighted by Gasteiger charge is 2.31. The monoisotopic (exact) mass is 373 g/mol. The Balaban J connectivity index is 1.47. The molecule has 1 saturated heterocycles. The Hall–Kier alpha value is -2.60. The molecule has 1 fully saturated rings. The molecule has 0 N–H and O–H groups in total. The van der Waals surface area contributed by atoms with Crippen molar-refractivity contribution < 1.29 is 14.3 Å². The predicted octanol–water partition coefficient (Wildman–Crippen LogP) is 3.62. The summed E-state index contributed by atoms with van der Waals surface area (Å²) in [7, 11) is 0. The van der Waals surface area contributed by atoms with Crippen molar-refractivity contribution >= 4 is 29.5 Å². The van der Waals surface area contributed by atoms with Gasteiger partial charge in [0.15, 0.2) is 0 Å². The van der Waals surface area contributed by atoms with Crippen LogP contribution in [0, 0.1) is 5.92 Å². The number of carbonyl (C=O) groups is 2. The van der Waals surface area contributed by atoms with E-state index in [0.29, 0.717) is 31.6 Å². The fraction of sp³-hybridized carbons (Fsp3) is 0.316. The molecule has 2 heterocycles. The first-order valence-corrected chi connectivity index (χ1v) is 8.84. The van der Waals surface area contributed by atoms with E-state index in [1.807, 2.05) is 30.3 Å². The molecular weight excluding hydrogens is 354 g/mol. The molecular formula is C19H20ClN3O3. The second-order valence-electron chi connectivity index (χ2n) is 6.13. The first-order valence-electron chi connectivity index (χ1n) is 8.50. The maximum Gasteiger partial charge on any atom is 0.410 e. The highest BCUT2D eigenvalue weighted by molar-refractivity contribution is 6.36. The van der Waals surface area contributed by atoms with Gasteiger partial charge in [0.05, 0.1) is 5.69 Å². The van der Waals surface area contributed by atoms with Crippen molar-refractivity contribution in [2.45, 2.75) is 19.4 Å². The molecule has 0 bridgehead atoms. The summed E-state index contributed by atoms with van der Waals surface area (Å²) in [6.07, 6.45) is 3.95. The lowest BCUT2D eigenvalue weighted by Crippen LogP contribution is -2.42. The summed E-state index contributed by atoms with van der Waals surface area (Å²) in [6, 6.07) is 12.9. The molecule has 1 aromatic heterocycles. The predicted molar refractivity (Wildman–Crippen MR) is 98.5 cm³/mol. The molecule has 26 heavy (non-hydrogen) atoms. The third-order valence-corrected chi connectivity index (χ3v) is 4.75. The van der Waals surface area contributed by atoms with Crippen LogP contribution in [0.5, 0.6) is 0 Å². The largest absolute Gasteiger partial charge is 0.445 e. The number of anilines is 1. The molecule has 6 nitrogen and oxygen atoms in total. The summed E-state index contributed by atoms with van der Waals surface area (Å²) < 4.78 is 6.47. The zero-order valence-electron chi connectivity index (χ0n) is 14.3. The van der Waals surface area contributed by atoms with Crippen LogP contribution in [0.3, 0.4) is 0 Å². The van der Waals surface area contributed by atoms with E-state index in [1.54, 1.807) is 29.4 Å². The van der Waals surface area contributed by atoms with Gasteiger partial charge in [-0.15, -0.1) is 0 Å². The number of aromatic nitrogens is 1. The van der Waals surface area contributed by atoms with Gasteiger partial charge < -0.3 is 9.64 Å². The van der Waals surface area contributed by atoms with Crippen molar-refractivity contribution in [2.75, 3.05) is 17.5 Å². The molecule has 1 aliphatic rings. The van der Waals surface area contributed by atoms with E-state index in [4.69, 9.17) is 16.5 Å². The van der Waals surface area contributed by atoms with Gasteiger partial charge in [0.1, 0.15) is 6.61 Å². The number of amides is 2. The number of rotatable bonds is 4. The average Bonchev–Trinajstić information content (AvgIpc) is 2.72. The van der Waals surface area contributed by atoms with Crippen molar-refractivity contribution in [1.29, 1.82) is 0 Å². The lowest BCUT2D eigenvalue weighted by molar-refractivity contribution is -0.122. The molecule has 1 aromatic carbocycles. The van der Waals surface area contributed by atoms with Crippen LogP contribution in [0.4, 0.5) is 10.5 Å². The number of nitrogens with zero attached hydrogens (tertiary/aromatic N) is 3. The quantitative estimate of drug-likeness (QED) is 0.768. The van der Waals surface area contributed by atoms with Gasteiger partial charge in [0.2, 0.25) is 5.91 Å². The summed E-state index contributed by atoms with van der Waals surface area (Å²) in [6.45, 7) is 1.20. The highest BCUT2D eigenvalue weighted by atomic mass is 35.5. The maximum atomic E-state index is 12.5. The number of halogens is 1. The molecule has 1 aliphatic heterocycles. The van der Waals surface area contributed by atoms with Crippen molar-refractivity contribution in [3.8, 4) is 0 Å². The molecule has 2 aromatic rings. The molecule has 3 rings (SSSR count). The number of benzene rings is 1. The van der Waals surface area contributed by atoms with Gasteiger partial charge in [-0.2, -0.15) is 0 Å². The van der Waals surface area contributed by atoms with E-state index in [9.17, 15) is 9.59 Å². The van der Waals surface area contributed by atoms with E-state index < -0.39 is 0 Å². The van der Waals surface area contributed by atoms with Gasteiger partial charge in [0.25, 0.3) is 0 Å². The first kappa shape index (κ1) is 18.2. The van der Waals surface area contributed by atoms with E-state index in [1.165, 1.54) is 0 Å². The zero-order valence-corrected chi connectivity index (χ0v) is 15.0. The summed E-state index contributed by atoms with van der Waals surface area (Å²) in [4.78, 5) is 30.3. The smallest absolute Gasteiger partial charge is 0.410 e. The Morgan fingerprint density at radius 2 is 1.77 bits per heavy atom. The van der Waals surface area contributed by atoms with E-state index in [0.717, 1.165) is 9.98 Å². The minimum Gasteiger partial charge on any atom is -0.445 e. The van der Waals surface area contributed by atoms with Gasteiger partial charge in [-0.3, -0.25) is 9.78 Å². The topological polar surface area (TPSA) is 62.7 Å². The van der Waals surface area contributed by atoms with Crippen molar-refractivity contribution in [3.63, 3.8) is 0 Å². The standard InChI is InChI=1S/C19H20ClN3O3/c20-23(17-6-10-21-11-7-17)18(24)16-8-12-22(13-9-16)19(25)26-14-15-4-2-1-3-5-15/h1-7,10-11,16H,8-9,12-14H2. The van der Waals surface area contributed by atoms with Gasteiger partial charge in [-0.05, 0) is 30.5 Å². The summed E-state index contributed by atoms with van der Waals surface area (Å²) in [5.41, 5.74) is 1.54. The van der Waals surface area contributed by atoms with Crippen LogP contribution < -0.4 is 4.42 Å². The first-order chi connectivity index (χ1) is 12.6. The van der Waals surface area contributed by atoms with E-state index in [2.05, 4.69) is 4.98 Å². The summed E-state index contributed by atoms with van der Waals surface area (Å²) in [5, 5.41) is 0. The van der Waals surface area contributed by atoms with E-state index in [-0.39, 0.29) is 24.5 Å². The zero-order chi connectivity index (χ0) is 18.4. The van der Waals surface area contributed by atoms with Crippen LogP contribution in [-0.4, -0.2) is 35.0 Å². The molecule has 7 heteroatoms. The Bertz CT molecular complexity index is 734. The van der Waals surface area contributed by atoms with Crippen LogP contribution in [0.1, 0.15) is 18.4 Å².